The van der Waals surface area contributed by atoms with Crippen LogP contribution < -0.4 is 4.90 Å². The number of nitrogens with zero attached hydrogens (tertiary/aromatic N) is 2. The van der Waals surface area contributed by atoms with E-state index in [-0.39, 0.29) is 0 Å². The van der Waals surface area contributed by atoms with Crippen molar-refractivity contribution in [1.82, 2.24) is 5.06 Å². The topological polar surface area (TPSA) is 43.8 Å². The van der Waals surface area contributed by atoms with Crippen LogP contribution in [0.2, 0.25) is 0 Å². The van der Waals surface area contributed by atoms with E-state index in [1.807, 2.05) is 13.0 Å². The highest BCUT2D eigenvalue weighted by Crippen LogP contribution is 2.61. The van der Waals surface area contributed by atoms with Crippen LogP contribution in [0.4, 0.5) is 5.69 Å². The van der Waals surface area contributed by atoms with Gasteiger partial charge in [0, 0.05) is 44.1 Å². The highest BCUT2D eigenvalue weighted by molar-refractivity contribution is 5.91. The molecule has 190 valence electrons. The fourth-order valence-corrected chi connectivity index (χ4v) is 8.46. The number of hydrogen-bond acceptors (Lipinski definition) is 4. The zero-order valence-electron chi connectivity index (χ0n) is 21.9. The molecule has 4 nitrogen and oxygen atoms in total. The Morgan fingerprint density at radius 1 is 1.03 bits per heavy atom. The number of piperidine rings is 1. The van der Waals surface area contributed by atoms with Crippen molar-refractivity contribution in [3.63, 3.8) is 0 Å². The molecule has 5 atom stereocenters. The highest BCUT2D eigenvalue weighted by Gasteiger charge is 2.56. The second kappa shape index (κ2) is 9.51. The summed E-state index contributed by atoms with van der Waals surface area (Å²) in [5.41, 5.74) is 6.89. The molecular formula is C32H40N2O2. The van der Waals surface area contributed by atoms with Gasteiger partial charge in [-0.25, -0.2) is 0 Å². The van der Waals surface area contributed by atoms with Crippen LogP contribution in [0, 0.1) is 29.6 Å². The molecule has 3 unspecified atom stereocenters. The van der Waals surface area contributed by atoms with E-state index < -0.39 is 5.54 Å². The van der Waals surface area contributed by atoms with Crippen LogP contribution in [0.1, 0.15) is 82.6 Å². The number of anilines is 1. The van der Waals surface area contributed by atoms with E-state index in [0.29, 0.717) is 35.9 Å². The zero-order valence-corrected chi connectivity index (χ0v) is 21.9. The van der Waals surface area contributed by atoms with E-state index in [4.69, 9.17) is 0 Å². The smallest absolute Gasteiger partial charge is 0.155 e. The van der Waals surface area contributed by atoms with Crippen molar-refractivity contribution in [2.24, 2.45) is 17.8 Å². The zero-order chi connectivity index (χ0) is 24.9. The van der Waals surface area contributed by atoms with Gasteiger partial charge in [0.25, 0.3) is 0 Å². The first-order valence-corrected chi connectivity index (χ1v) is 14.2. The molecule has 0 spiro atoms. The maximum Gasteiger partial charge on any atom is 0.155 e. The number of carbonyl (C=O) groups is 1. The number of allylic oxidation sites excluding steroid dienone is 4. The Morgan fingerprint density at radius 3 is 2.53 bits per heavy atom. The molecule has 1 aliphatic heterocycles. The number of ketones is 1. The van der Waals surface area contributed by atoms with Gasteiger partial charge in [0.15, 0.2) is 5.78 Å². The lowest BCUT2D eigenvalue weighted by atomic mass is 9.58. The van der Waals surface area contributed by atoms with E-state index in [9.17, 15) is 10.0 Å². The van der Waals surface area contributed by atoms with Crippen LogP contribution in [0.3, 0.4) is 0 Å². The molecule has 1 heterocycles. The van der Waals surface area contributed by atoms with Gasteiger partial charge in [-0.1, -0.05) is 34.8 Å². The Bertz CT molecular complexity index is 1140. The standard InChI is InChI=1S/C32H40N2O2/c1-3-16-32(33(2)36)17-15-27-28-13-9-23-20-25(35)12-14-26(23)31(28)29(21-30(27)32)22-7-10-24(11-8-22)34-18-5-4-6-19-34/h7-8,10-11,20,26-27,29-30,36H,4-6,9,12-15,17-19,21H2,1-2H3/t26?,27?,29-,30?,32+/m1/s1. The molecule has 0 radical (unpaired) electrons. The van der Waals surface area contributed by atoms with E-state index in [1.165, 1.54) is 41.1 Å². The van der Waals surface area contributed by atoms with Crippen molar-refractivity contribution >= 4 is 11.5 Å². The maximum absolute atomic E-state index is 12.3. The summed E-state index contributed by atoms with van der Waals surface area (Å²) in [6.45, 7) is 4.22. The van der Waals surface area contributed by atoms with Gasteiger partial charge in [0.05, 0.1) is 0 Å². The summed E-state index contributed by atoms with van der Waals surface area (Å²) < 4.78 is 0. The first-order valence-electron chi connectivity index (χ1n) is 14.2. The number of fused-ring (bicyclic) bond motifs is 4. The van der Waals surface area contributed by atoms with E-state index in [2.05, 4.69) is 41.0 Å². The molecule has 0 amide bonds. The van der Waals surface area contributed by atoms with Crippen molar-refractivity contribution in [3.05, 3.63) is 52.6 Å². The number of carbonyl (C=O) groups excluding carboxylic acids is 1. The molecule has 1 saturated carbocycles. The van der Waals surface area contributed by atoms with Crippen LogP contribution in [-0.4, -0.2) is 41.7 Å². The van der Waals surface area contributed by atoms with Gasteiger partial charge in [-0.3, -0.25) is 4.79 Å². The minimum Gasteiger partial charge on any atom is -0.372 e. The van der Waals surface area contributed by atoms with Crippen LogP contribution in [0.5, 0.6) is 0 Å². The molecule has 4 heteroatoms. The lowest BCUT2D eigenvalue weighted by Crippen LogP contribution is -2.50. The highest BCUT2D eigenvalue weighted by atomic mass is 16.5. The Balaban J connectivity index is 1.42. The number of benzene rings is 1. The summed E-state index contributed by atoms with van der Waals surface area (Å²) in [4.78, 5) is 14.8. The van der Waals surface area contributed by atoms with Gasteiger partial charge in [-0.05, 0) is 100 Å². The average Bonchev–Trinajstić information content (AvgIpc) is 3.28. The fraction of sp³-hybridized carbons (Fsp3) is 0.594. The van der Waals surface area contributed by atoms with Gasteiger partial charge in [0.1, 0.15) is 5.54 Å². The number of rotatable bonds is 3. The van der Waals surface area contributed by atoms with E-state index in [0.717, 1.165) is 51.6 Å². The van der Waals surface area contributed by atoms with Crippen LogP contribution >= 0.6 is 0 Å². The summed E-state index contributed by atoms with van der Waals surface area (Å²) >= 11 is 0. The van der Waals surface area contributed by atoms with Gasteiger partial charge < -0.3 is 10.1 Å². The summed E-state index contributed by atoms with van der Waals surface area (Å²) in [7, 11) is 1.80. The minimum atomic E-state index is -0.470. The average molecular weight is 485 g/mol. The normalized spacial score (nSPS) is 33.9. The lowest BCUT2D eigenvalue weighted by molar-refractivity contribution is -0.146. The third-order valence-corrected chi connectivity index (χ3v) is 10.1. The predicted octanol–water partition coefficient (Wildman–Crippen LogP) is 6.27. The number of hydrogen-bond donors (Lipinski definition) is 1. The molecule has 0 aromatic heterocycles. The first kappa shape index (κ1) is 24.0. The maximum atomic E-state index is 12.3. The predicted molar refractivity (Wildman–Crippen MR) is 144 cm³/mol. The van der Waals surface area contributed by atoms with Crippen molar-refractivity contribution in [3.8, 4) is 11.8 Å². The second-order valence-electron chi connectivity index (χ2n) is 11.8. The molecule has 1 saturated heterocycles. The third kappa shape index (κ3) is 3.87. The monoisotopic (exact) mass is 484 g/mol. The Morgan fingerprint density at radius 2 is 1.81 bits per heavy atom. The lowest BCUT2D eigenvalue weighted by Gasteiger charge is -2.48. The van der Waals surface area contributed by atoms with E-state index >= 15 is 0 Å². The van der Waals surface area contributed by atoms with Gasteiger partial charge in [-0.2, -0.15) is 5.06 Å². The Hall–Kier alpha value is -2.35. The largest absolute Gasteiger partial charge is 0.372 e. The van der Waals surface area contributed by atoms with Crippen LogP contribution in [-0.2, 0) is 4.79 Å². The summed E-state index contributed by atoms with van der Waals surface area (Å²) in [6, 6.07) is 9.42. The van der Waals surface area contributed by atoms with E-state index in [1.54, 1.807) is 18.2 Å². The van der Waals surface area contributed by atoms with Crippen molar-refractivity contribution in [1.29, 1.82) is 0 Å². The Kier molecular flexibility index (Phi) is 6.34. The van der Waals surface area contributed by atoms with Crippen LogP contribution in [0.25, 0.3) is 0 Å². The SMILES string of the molecule is CC#C[C@]1(N(C)O)CCC2C3=C(C4CCC(=O)C=C4CC3)[C@@H](c3ccc(N4CCCCC4)cc3)CC21. The summed E-state index contributed by atoms with van der Waals surface area (Å²) in [5.74, 6) is 8.50. The second-order valence-corrected chi connectivity index (χ2v) is 11.8. The third-order valence-electron chi connectivity index (χ3n) is 10.1. The molecule has 5 aliphatic rings. The first-order chi connectivity index (χ1) is 17.5. The van der Waals surface area contributed by atoms with Crippen molar-refractivity contribution in [2.75, 3.05) is 25.0 Å². The van der Waals surface area contributed by atoms with Gasteiger partial charge in [0.2, 0.25) is 0 Å². The molecule has 1 aromatic rings. The van der Waals surface area contributed by atoms with Gasteiger partial charge in [-0.15, -0.1) is 5.92 Å². The quantitative estimate of drug-likeness (QED) is 0.312. The summed E-state index contributed by atoms with van der Waals surface area (Å²) in [5, 5.41) is 12.3. The number of hydroxylamine groups is 2. The van der Waals surface area contributed by atoms with Crippen LogP contribution in [0.15, 0.2) is 47.1 Å². The molecule has 4 aliphatic carbocycles. The van der Waals surface area contributed by atoms with Crippen molar-refractivity contribution < 1.29 is 10.0 Å². The molecule has 1 N–H and O–H groups in total. The Labute approximate surface area is 216 Å². The summed E-state index contributed by atoms with van der Waals surface area (Å²) in [6.07, 6.45) is 12.6. The molecular weight excluding hydrogens is 444 g/mol. The minimum absolute atomic E-state index is 0.307. The molecule has 2 fully saturated rings. The molecule has 36 heavy (non-hydrogen) atoms. The molecule has 6 rings (SSSR count). The fourth-order valence-electron chi connectivity index (χ4n) is 8.46. The van der Waals surface area contributed by atoms with Crippen molar-refractivity contribution in [2.45, 2.75) is 82.6 Å². The van der Waals surface area contributed by atoms with Gasteiger partial charge >= 0.3 is 0 Å². The molecule has 1 aromatic carbocycles. The molecule has 0 bridgehead atoms.